The van der Waals surface area contributed by atoms with Gasteiger partial charge in [0.05, 0.1) is 13.2 Å². The number of fused-ring (bicyclic) bond motifs is 1. The molecule has 0 spiro atoms. The number of esters is 1. The van der Waals surface area contributed by atoms with Crippen molar-refractivity contribution in [3.8, 4) is 5.75 Å². The number of methoxy groups -OCH3 is 1. The van der Waals surface area contributed by atoms with Crippen molar-refractivity contribution in [1.29, 1.82) is 0 Å². The first-order chi connectivity index (χ1) is 17.3. The number of ether oxygens (including phenoxy) is 2. The molecule has 0 saturated heterocycles. The van der Waals surface area contributed by atoms with Gasteiger partial charge in [-0.05, 0) is 73.5 Å². The van der Waals surface area contributed by atoms with Crippen molar-refractivity contribution in [2.45, 2.75) is 32.4 Å². The molecule has 186 valence electrons. The van der Waals surface area contributed by atoms with Crippen LogP contribution in [-0.4, -0.2) is 37.5 Å². The minimum absolute atomic E-state index is 0.139. The van der Waals surface area contributed by atoms with Gasteiger partial charge in [0, 0.05) is 34.9 Å². The number of para-hydroxylation sites is 1. The molecule has 0 bridgehead atoms. The number of amides is 2. The summed E-state index contributed by atoms with van der Waals surface area (Å²) in [6.45, 7) is 2.83. The third-order valence-corrected chi connectivity index (χ3v) is 6.45. The zero-order chi connectivity index (χ0) is 25.8. The molecule has 36 heavy (non-hydrogen) atoms. The van der Waals surface area contributed by atoms with Crippen molar-refractivity contribution in [3.05, 3.63) is 88.9 Å². The van der Waals surface area contributed by atoms with Gasteiger partial charge in [0.1, 0.15) is 5.75 Å². The van der Waals surface area contributed by atoms with Gasteiger partial charge in [-0.15, -0.1) is 0 Å². The summed E-state index contributed by atoms with van der Waals surface area (Å²) < 4.78 is 10.3. The first-order valence-corrected chi connectivity index (χ1v) is 12.0. The Labute approximate surface area is 215 Å². The second-order valence-corrected chi connectivity index (χ2v) is 9.02. The molecule has 1 aliphatic heterocycles. The molecule has 2 atom stereocenters. The van der Waals surface area contributed by atoms with Crippen LogP contribution in [0.4, 0.5) is 11.4 Å². The Morgan fingerprint density at radius 2 is 1.67 bits per heavy atom. The number of carbonyl (C=O) groups is 3. The van der Waals surface area contributed by atoms with Crippen LogP contribution in [0.25, 0.3) is 0 Å². The average molecular weight is 507 g/mol. The molecule has 1 heterocycles. The van der Waals surface area contributed by atoms with Crippen LogP contribution >= 0.6 is 11.6 Å². The second-order valence-electron chi connectivity index (χ2n) is 8.58. The van der Waals surface area contributed by atoms with Crippen LogP contribution in [-0.2, 0) is 14.3 Å². The number of nitrogens with zero attached hydrogens (tertiary/aromatic N) is 2. The second kappa shape index (κ2) is 10.8. The van der Waals surface area contributed by atoms with Crippen molar-refractivity contribution < 1.29 is 23.9 Å². The minimum atomic E-state index is -0.534. The van der Waals surface area contributed by atoms with E-state index in [0.29, 0.717) is 28.4 Å². The molecule has 0 saturated carbocycles. The molecule has 0 aromatic heterocycles. The predicted octanol–water partition coefficient (Wildman–Crippen LogP) is 5.43. The molecular formula is C28H27ClN2O5. The lowest BCUT2D eigenvalue weighted by atomic mass is 9.89. The summed E-state index contributed by atoms with van der Waals surface area (Å²) in [5.74, 6) is -0.369. The lowest BCUT2D eigenvalue weighted by molar-refractivity contribution is -0.145. The first-order valence-electron chi connectivity index (χ1n) is 11.6. The van der Waals surface area contributed by atoms with Crippen LogP contribution in [0.5, 0.6) is 5.75 Å². The van der Waals surface area contributed by atoms with Crippen molar-refractivity contribution in [1.82, 2.24) is 0 Å². The zero-order valence-electron chi connectivity index (χ0n) is 20.3. The minimum Gasteiger partial charge on any atom is -0.497 e. The van der Waals surface area contributed by atoms with Crippen LogP contribution in [0, 0.1) is 0 Å². The molecule has 0 unspecified atom stereocenters. The maximum Gasteiger partial charge on any atom is 0.303 e. The zero-order valence-corrected chi connectivity index (χ0v) is 21.1. The Morgan fingerprint density at radius 3 is 2.31 bits per heavy atom. The van der Waals surface area contributed by atoms with Gasteiger partial charge in [-0.25, -0.2) is 0 Å². The summed E-state index contributed by atoms with van der Waals surface area (Å²) in [7, 11) is 1.58. The summed E-state index contributed by atoms with van der Waals surface area (Å²) in [6.07, 6.45) is 0.480. The monoisotopic (exact) mass is 506 g/mol. The Hall–Kier alpha value is -3.84. The highest BCUT2D eigenvalue weighted by Crippen LogP contribution is 2.43. The third kappa shape index (κ3) is 5.21. The van der Waals surface area contributed by atoms with Gasteiger partial charge in [0.25, 0.3) is 11.8 Å². The Bertz CT molecular complexity index is 1260. The van der Waals surface area contributed by atoms with E-state index in [1.165, 1.54) is 6.92 Å². The average Bonchev–Trinajstić information content (AvgIpc) is 2.88. The maximum atomic E-state index is 13.6. The fourth-order valence-electron chi connectivity index (χ4n) is 4.54. The topological polar surface area (TPSA) is 76.2 Å². The largest absolute Gasteiger partial charge is 0.497 e. The van der Waals surface area contributed by atoms with E-state index in [1.54, 1.807) is 65.4 Å². The lowest BCUT2D eigenvalue weighted by Crippen LogP contribution is -2.48. The molecule has 0 radical (unpaired) electrons. The van der Waals surface area contributed by atoms with Crippen molar-refractivity contribution in [2.75, 3.05) is 23.5 Å². The van der Waals surface area contributed by atoms with Crippen molar-refractivity contribution in [3.63, 3.8) is 0 Å². The van der Waals surface area contributed by atoms with Gasteiger partial charge in [-0.2, -0.15) is 0 Å². The molecule has 8 heteroatoms. The Morgan fingerprint density at radius 1 is 1.00 bits per heavy atom. The lowest BCUT2D eigenvalue weighted by Gasteiger charge is -2.43. The highest BCUT2D eigenvalue weighted by molar-refractivity contribution is 6.30. The fraction of sp³-hybridized carbons (Fsp3) is 0.250. The number of rotatable bonds is 6. The first kappa shape index (κ1) is 25.3. The molecule has 4 rings (SSSR count). The smallest absolute Gasteiger partial charge is 0.303 e. The summed E-state index contributed by atoms with van der Waals surface area (Å²) in [5.41, 5.74) is 2.71. The third-order valence-electron chi connectivity index (χ3n) is 6.20. The van der Waals surface area contributed by atoms with Crippen LogP contribution < -0.4 is 14.5 Å². The number of carbonyl (C=O) groups excluding carboxylic acids is 3. The summed E-state index contributed by atoms with van der Waals surface area (Å²) in [5, 5.41) is 0.541. The number of anilines is 2. The van der Waals surface area contributed by atoms with Gasteiger partial charge in [0.2, 0.25) is 0 Å². The van der Waals surface area contributed by atoms with E-state index in [1.807, 2.05) is 31.2 Å². The van der Waals surface area contributed by atoms with Crippen LogP contribution in [0.1, 0.15) is 42.2 Å². The van der Waals surface area contributed by atoms with E-state index in [4.69, 9.17) is 21.1 Å². The number of hydrogen-bond acceptors (Lipinski definition) is 5. The summed E-state index contributed by atoms with van der Waals surface area (Å²) in [4.78, 5) is 41.8. The molecular weight excluding hydrogens is 480 g/mol. The van der Waals surface area contributed by atoms with Gasteiger partial charge < -0.3 is 19.3 Å². The van der Waals surface area contributed by atoms with E-state index in [0.717, 1.165) is 11.3 Å². The molecule has 0 N–H and O–H groups in total. The number of benzene rings is 3. The standard InChI is InChI=1S/C28H27ClN2O5/c1-18-16-26(31(27(33)17-36-19(2)32)22-12-10-21(29)11-13-22)24-6-4-5-7-25(24)30(18)28(34)20-8-14-23(35-3)15-9-20/h4-15,18,26H,16-17H2,1-3H3/t18-,26+/m0/s1. The molecule has 0 aliphatic carbocycles. The highest BCUT2D eigenvalue weighted by Gasteiger charge is 2.39. The van der Waals surface area contributed by atoms with Gasteiger partial charge >= 0.3 is 5.97 Å². The highest BCUT2D eigenvalue weighted by atomic mass is 35.5. The predicted molar refractivity (Wildman–Crippen MR) is 139 cm³/mol. The van der Waals surface area contributed by atoms with Crippen molar-refractivity contribution >= 4 is 40.8 Å². The Kier molecular flexibility index (Phi) is 7.60. The molecule has 1 aliphatic rings. The molecule has 3 aromatic rings. The normalized spacial score (nSPS) is 16.6. The van der Waals surface area contributed by atoms with Crippen LogP contribution in [0.3, 0.4) is 0 Å². The quantitative estimate of drug-likeness (QED) is 0.417. The molecule has 2 amide bonds. The van der Waals surface area contributed by atoms with Crippen LogP contribution in [0.2, 0.25) is 5.02 Å². The summed E-state index contributed by atoms with van der Waals surface area (Å²) >= 11 is 6.10. The van der Waals surface area contributed by atoms with Gasteiger partial charge in [-0.3, -0.25) is 14.4 Å². The maximum absolute atomic E-state index is 13.6. The summed E-state index contributed by atoms with van der Waals surface area (Å²) in [6, 6.07) is 20.9. The van der Waals surface area contributed by atoms with E-state index in [2.05, 4.69) is 0 Å². The van der Waals surface area contributed by atoms with Gasteiger partial charge in [0.15, 0.2) is 6.61 Å². The van der Waals surface area contributed by atoms with Gasteiger partial charge in [-0.1, -0.05) is 29.8 Å². The van der Waals surface area contributed by atoms with Crippen LogP contribution in [0.15, 0.2) is 72.8 Å². The molecule has 7 nitrogen and oxygen atoms in total. The SMILES string of the molecule is COc1ccc(C(=O)N2c3ccccc3[C@H](N(C(=O)COC(C)=O)c3ccc(Cl)cc3)C[C@@H]2C)cc1. The molecule has 3 aromatic carbocycles. The van der Waals surface area contributed by atoms with E-state index in [-0.39, 0.29) is 30.5 Å². The fourth-order valence-corrected chi connectivity index (χ4v) is 4.67. The Balaban J connectivity index is 1.75. The van der Waals surface area contributed by atoms with Crippen molar-refractivity contribution in [2.24, 2.45) is 0 Å². The number of halogens is 1. The number of hydrogen-bond donors (Lipinski definition) is 0. The van der Waals surface area contributed by atoms with E-state index < -0.39 is 5.97 Å². The van der Waals surface area contributed by atoms with E-state index in [9.17, 15) is 14.4 Å². The molecule has 0 fully saturated rings. The van der Waals surface area contributed by atoms with E-state index >= 15 is 0 Å².